The molecule has 0 saturated carbocycles. The van der Waals surface area contributed by atoms with Crippen molar-refractivity contribution in [3.05, 3.63) is 82.5 Å². The van der Waals surface area contributed by atoms with E-state index >= 15 is 0 Å². The molecule has 2 N–H and O–H groups in total. The fourth-order valence-corrected chi connectivity index (χ4v) is 2.88. The number of aromatic nitrogens is 1. The lowest BCUT2D eigenvalue weighted by Crippen LogP contribution is -2.21. The van der Waals surface area contributed by atoms with Crippen LogP contribution in [0.25, 0.3) is 0 Å². The third kappa shape index (κ3) is 5.98. The Labute approximate surface area is 186 Å². The number of ether oxygens (including phenoxy) is 1. The minimum Gasteiger partial charge on any atom is -0.452 e. The van der Waals surface area contributed by atoms with Crippen LogP contribution in [0.5, 0.6) is 0 Å². The van der Waals surface area contributed by atoms with E-state index in [-0.39, 0.29) is 17.1 Å². The molecule has 0 aliphatic heterocycles. The number of carbonyl (C=O) groups excluding carboxylic acids is 2. The second-order valence-corrected chi connectivity index (χ2v) is 7.12. The van der Waals surface area contributed by atoms with E-state index in [0.717, 1.165) is 17.7 Å². The minimum atomic E-state index is -4.52. The molecule has 1 amide bonds. The zero-order chi connectivity index (χ0) is 23.3. The topological polar surface area (TPSA) is 80.3 Å². The number of hydrogen-bond acceptors (Lipinski definition) is 5. The van der Waals surface area contributed by atoms with Crippen molar-refractivity contribution in [3.63, 3.8) is 0 Å². The zero-order valence-corrected chi connectivity index (χ0v) is 17.4. The number of nitrogens with one attached hydrogen (secondary N) is 2. The van der Waals surface area contributed by atoms with Gasteiger partial charge in [0.05, 0.1) is 5.56 Å². The number of hydrogen-bond donors (Lipinski definition) is 2. The average Bonchev–Trinajstić information content (AvgIpc) is 2.74. The Morgan fingerprint density at radius 2 is 1.88 bits per heavy atom. The molecule has 0 bridgehead atoms. The van der Waals surface area contributed by atoms with E-state index in [0.29, 0.717) is 10.7 Å². The highest BCUT2D eigenvalue weighted by Gasteiger charge is 2.30. The Kier molecular flexibility index (Phi) is 6.99. The van der Waals surface area contributed by atoms with Crippen LogP contribution in [0.15, 0.2) is 60.8 Å². The summed E-state index contributed by atoms with van der Waals surface area (Å²) in [6.45, 7) is 1.20. The summed E-state index contributed by atoms with van der Waals surface area (Å²) in [5.41, 5.74) is 0.440. The molecule has 2 aromatic carbocycles. The van der Waals surface area contributed by atoms with Crippen LogP contribution in [0, 0.1) is 6.92 Å². The Bertz CT molecular complexity index is 1150. The van der Waals surface area contributed by atoms with Crippen molar-refractivity contribution in [2.75, 3.05) is 17.2 Å². The van der Waals surface area contributed by atoms with Crippen molar-refractivity contribution < 1.29 is 27.5 Å². The summed E-state index contributed by atoms with van der Waals surface area (Å²) in [5.74, 6) is -1.46. The maximum absolute atomic E-state index is 12.9. The van der Waals surface area contributed by atoms with Crippen molar-refractivity contribution in [3.8, 4) is 0 Å². The summed E-state index contributed by atoms with van der Waals surface area (Å²) in [5, 5.41) is 5.71. The van der Waals surface area contributed by atoms with Crippen molar-refractivity contribution in [1.29, 1.82) is 0 Å². The number of nitrogens with zero attached hydrogens (tertiary/aromatic N) is 1. The monoisotopic (exact) mass is 463 g/mol. The SMILES string of the molecule is Cc1ccc(Cl)cc1NC(=O)COC(=O)c1cccnc1Nc1cccc(C(F)(F)F)c1. The molecule has 3 rings (SSSR count). The number of alkyl halides is 3. The molecule has 10 heteroatoms. The molecule has 1 heterocycles. The van der Waals surface area contributed by atoms with Gasteiger partial charge in [-0.25, -0.2) is 9.78 Å². The molecule has 0 unspecified atom stereocenters. The quantitative estimate of drug-likeness (QED) is 0.465. The Balaban J connectivity index is 1.68. The molecule has 0 saturated heterocycles. The van der Waals surface area contributed by atoms with Crippen LogP contribution in [0.4, 0.5) is 30.4 Å². The predicted octanol–water partition coefficient (Wildman–Crippen LogP) is 5.60. The first kappa shape index (κ1) is 23.1. The van der Waals surface area contributed by atoms with Crippen molar-refractivity contribution >= 4 is 40.7 Å². The van der Waals surface area contributed by atoms with Crippen molar-refractivity contribution in [1.82, 2.24) is 4.98 Å². The predicted molar refractivity (Wildman–Crippen MR) is 114 cm³/mol. The number of benzene rings is 2. The number of carbonyl (C=O) groups is 2. The zero-order valence-electron chi connectivity index (χ0n) is 16.7. The molecule has 0 spiro atoms. The van der Waals surface area contributed by atoms with Crippen LogP contribution in [0.2, 0.25) is 5.02 Å². The third-order valence-corrected chi connectivity index (χ3v) is 4.52. The van der Waals surface area contributed by atoms with E-state index < -0.39 is 30.2 Å². The van der Waals surface area contributed by atoms with Crippen LogP contribution in [-0.4, -0.2) is 23.5 Å². The highest BCUT2D eigenvalue weighted by molar-refractivity contribution is 6.31. The first-order chi connectivity index (χ1) is 15.1. The van der Waals surface area contributed by atoms with Gasteiger partial charge >= 0.3 is 12.1 Å². The first-order valence-corrected chi connectivity index (χ1v) is 9.64. The second-order valence-electron chi connectivity index (χ2n) is 6.69. The van der Waals surface area contributed by atoms with E-state index in [1.165, 1.54) is 30.5 Å². The van der Waals surface area contributed by atoms with Crippen LogP contribution in [0.1, 0.15) is 21.5 Å². The summed E-state index contributed by atoms with van der Waals surface area (Å²) >= 11 is 5.91. The molecular weight excluding hydrogens is 447 g/mol. The van der Waals surface area contributed by atoms with Crippen molar-refractivity contribution in [2.24, 2.45) is 0 Å². The molecular formula is C22H17ClF3N3O3. The van der Waals surface area contributed by atoms with Crippen LogP contribution < -0.4 is 10.6 Å². The highest BCUT2D eigenvalue weighted by Crippen LogP contribution is 2.31. The first-order valence-electron chi connectivity index (χ1n) is 9.26. The lowest BCUT2D eigenvalue weighted by molar-refractivity contribution is -0.137. The standard InChI is InChI=1S/C22H17ClF3N3O3/c1-13-7-8-15(23)11-18(13)29-19(30)12-32-21(31)17-6-3-9-27-20(17)28-16-5-2-4-14(10-16)22(24,25)26/h2-11H,12H2,1H3,(H,27,28)(H,29,30). The van der Waals surface area contributed by atoms with Gasteiger partial charge in [0.2, 0.25) is 0 Å². The number of rotatable bonds is 6. The van der Waals surface area contributed by atoms with E-state index in [1.54, 1.807) is 25.1 Å². The lowest BCUT2D eigenvalue weighted by atomic mass is 10.2. The van der Waals surface area contributed by atoms with Gasteiger partial charge in [-0.3, -0.25) is 4.79 Å². The average molecular weight is 464 g/mol. The van der Waals surface area contributed by atoms with E-state index in [9.17, 15) is 22.8 Å². The Morgan fingerprint density at radius 3 is 2.62 bits per heavy atom. The number of pyridine rings is 1. The van der Waals surface area contributed by atoms with Gasteiger partial charge in [0.15, 0.2) is 6.61 Å². The van der Waals surface area contributed by atoms with Gasteiger partial charge in [0.25, 0.3) is 5.91 Å². The number of halogens is 4. The fraction of sp³-hybridized carbons (Fsp3) is 0.136. The molecule has 0 fully saturated rings. The molecule has 3 aromatic rings. The molecule has 0 atom stereocenters. The minimum absolute atomic E-state index is 0.0112. The number of amides is 1. The van der Waals surface area contributed by atoms with Gasteiger partial charge in [-0.1, -0.05) is 23.7 Å². The molecule has 0 aliphatic carbocycles. The van der Waals surface area contributed by atoms with Gasteiger partial charge < -0.3 is 15.4 Å². The summed E-state index contributed by atoms with van der Waals surface area (Å²) in [7, 11) is 0. The Hall–Kier alpha value is -3.59. The van der Waals surface area contributed by atoms with Crippen LogP contribution in [-0.2, 0) is 15.7 Å². The normalized spacial score (nSPS) is 11.0. The number of aryl methyl sites for hydroxylation is 1. The van der Waals surface area contributed by atoms with E-state index in [1.807, 2.05) is 0 Å². The van der Waals surface area contributed by atoms with Gasteiger partial charge in [0, 0.05) is 22.6 Å². The lowest BCUT2D eigenvalue weighted by Gasteiger charge is -2.13. The highest BCUT2D eigenvalue weighted by atomic mass is 35.5. The molecule has 6 nitrogen and oxygen atoms in total. The molecule has 166 valence electrons. The summed E-state index contributed by atoms with van der Waals surface area (Å²) < 4.78 is 43.8. The fourth-order valence-electron chi connectivity index (χ4n) is 2.70. The second kappa shape index (κ2) is 9.69. The molecule has 0 aliphatic rings. The Morgan fingerprint density at radius 1 is 1.09 bits per heavy atom. The molecule has 0 radical (unpaired) electrons. The number of anilines is 3. The summed E-state index contributed by atoms with van der Waals surface area (Å²) in [4.78, 5) is 28.6. The molecule has 32 heavy (non-hydrogen) atoms. The van der Waals surface area contributed by atoms with E-state index in [2.05, 4.69) is 15.6 Å². The smallest absolute Gasteiger partial charge is 0.416 e. The van der Waals surface area contributed by atoms with Gasteiger partial charge in [-0.05, 0) is 55.0 Å². The third-order valence-electron chi connectivity index (χ3n) is 4.29. The van der Waals surface area contributed by atoms with Gasteiger partial charge in [0.1, 0.15) is 11.4 Å². The maximum atomic E-state index is 12.9. The summed E-state index contributed by atoms with van der Waals surface area (Å²) in [6, 6.07) is 12.3. The van der Waals surface area contributed by atoms with Crippen molar-refractivity contribution in [2.45, 2.75) is 13.1 Å². The van der Waals surface area contributed by atoms with Crippen LogP contribution in [0.3, 0.4) is 0 Å². The van der Waals surface area contributed by atoms with Gasteiger partial charge in [-0.15, -0.1) is 0 Å². The molecule has 1 aromatic heterocycles. The van der Waals surface area contributed by atoms with Crippen LogP contribution >= 0.6 is 11.6 Å². The summed E-state index contributed by atoms with van der Waals surface area (Å²) in [6.07, 6.45) is -3.15. The largest absolute Gasteiger partial charge is 0.452 e. The van der Waals surface area contributed by atoms with E-state index in [4.69, 9.17) is 16.3 Å². The maximum Gasteiger partial charge on any atom is 0.416 e. The number of esters is 1. The van der Waals surface area contributed by atoms with Gasteiger partial charge in [-0.2, -0.15) is 13.2 Å².